The Morgan fingerprint density at radius 3 is 2.90 bits per heavy atom. The summed E-state index contributed by atoms with van der Waals surface area (Å²) in [7, 11) is 0. The fourth-order valence-electron chi connectivity index (χ4n) is 1.38. The maximum Gasteiger partial charge on any atom is 0.271 e. The highest BCUT2D eigenvalue weighted by Crippen LogP contribution is 2.14. The average molecular weight is 339 g/mol. The number of hydrogen-bond acceptors (Lipinski definition) is 6. The lowest BCUT2D eigenvalue weighted by atomic mass is 10.2. The van der Waals surface area contributed by atoms with Gasteiger partial charge in [0.05, 0.1) is 11.9 Å². The zero-order valence-corrected chi connectivity index (χ0v) is 11.6. The molecular weight excluding hydrogens is 330 g/mol. The number of hydrogen-bond donors (Lipinski definition) is 2. The van der Waals surface area contributed by atoms with Gasteiger partial charge in [-0.15, -0.1) is 0 Å². The second kappa shape index (κ2) is 6.33. The number of nitrogens with zero attached hydrogens (tertiary/aromatic N) is 2. The zero-order chi connectivity index (χ0) is 14.5. The predicted molar refractivity (Wildman–Crippen MR) is 75.5 cm³/mol. The summed E-state index contributed by atoms with van der Waals surface area (Å²) in [4.78, 5) is 11.7. The number of anilines is 1. The van der Waals surface area contributed by atoms with Crippen LogP contribution in [0.1, 0.15) is 16.1 Å². The van der Waals surface area contributed by atoms with Crippen LogP contribution in [0.15, 0.2) is 50.6 Å². The van der Waals surface area contributed by atoms with Crippen LogP contribution < -0.4 is 10.7 Å². The van der Waals surface area contributed by atoms with Gasteiger partial charge < -0.3 is 14.9 Å². The molecule has 2 rings (SSSR count). The number of furan rings is 1. The SMILES string of the molecule is O=C(NN=Cc1ccc(Br)o1)c1cccc(N([O-])O)c1. The molecule has 20 heavy (non-hydrogen) atoms. The Bertz CT molecular complexity index is 639. The molecule has 0 spiro atoms. The number of nitrogens with one attached hydrogen (secondary N) is 1. The molecule has 0 fully saturated rings. The Labute approximate surface area is 122 Å². The van der Waals surface area contributed by atoms with E-state index in [4.69, 9.17) is 9.62 Å². The topological polar surface area (TPSA) is 101 Å². The number of halogens is 1. The van der Waals surface area contributed by atoms with Crippen LogP contribution in [0.4, 0.5) is 5.69 Å². The van der Waals surface area contributed by atoms with Crippen molar-refractivity contribution in [1.29, 1.82) is 0 Å². The van der Waals surface area contributed by atoms with Crippen LogP contribution in [-0.4, -0.2) is 17.3 Å². The van der Waals surface area contributed by atoms with E-state index < -0.39 is 5.91 Å². The van der Waals surface area contributed by atoms with E-state index in [1.165, 1.54) is 30.5 Å². The molecule has 1 heterocycles. The standard InChI is InChI=1S/C12H9BrN3O4/c13-11-5-4-10(20-11)7-14-15-12(17)8-2-1-3-9(6-8)16(18)19/h1-7,18H,(H,15,17)/q-1. The smallest absolute Gasteiger partial charge is 0.271 e. The van der Waals surface area contributed by atoms with Crippen molar-refractivity contribution in [3.05, 3.63) is 57.6 Å². The van der Waals surface area contributed by atoms with Crippen molar-refractivity contribution < 1.29 is 14.4 Å². The summed E-state index contributed by atoms with van der Waals surface area (Å²) >= 11 is 3.14. The van der Waals surface area contributed by atoms with Crippen LogP contribution in [0.25, 0.3) is 0 Å². The van der Waals surface area contributed by atoms with E-state index in [1.807, 2.05) is 0 Å². The Balaban J connectivity index is 2.01. The van der Waals surface area contributed by atoms with Crippen molar-refractivity contribution in [2.75, 3.05) is 5.23 Å². The average Bonchev–Trinajstić information content (AvgIpc) is 2.84. The van der Waals surface area contributed by atoms with Gasteiger partial charge in [-0.2, -0.15) is 5.10 Å². The summed E-state index contributed by atoms with van der Waals surface area (Å²) in [6.07, 6.45) is 1.33. The number of carbonyl (C=O) groups excluding carboxylic acids is 1. The normalized spacial score (nSPS) is 10.8. The molecule has 1 amide bonds. The van der Waals surface area contributed by atoms with Gasteiger partial charge in [0.1, 0.15) is 5.76 Å². The van der Waals surface area contributed by atoms with E-state index in [2.05, 4.69) is 26.5 Å². The first-order valence-electron chi connectivity index (χ1n) is 5.41. The fourth-order valence-corrected chi connectivity index (χ4v) is 1.70. The second-order valence-electron chi connectivity index (χ2n) is 3.66. The molecule has 8 heteroatoms. The number of amides is 1. The van der Waals surface area contributed by atoms with E-state index in [0.717, 1.165) is 0 Å². The summed E-state index contributed by atoms with van der Waals surface area (Å²) in [5.74, 6) is -0.0532. The minimum atomic E-state index is -0.518. The largest absolute Gasteiger partial charge is 0.733 e. The predicted octanol–water partition coefficient (Wildman–Crippen LogP) is 2.50. The van der Waals surface area contributed by atoms with E-state index in [0.29, 0.717) is 10.4 Å². The number of hydrazone groups is 1. The van der Waals surface area contributed by atoms with Gasteiger partial charge in [-0.05, 0) is 46.3 Å². The monoisotopic (exact) mass is 338 g/mol. The van der Waals surface area contributed by atoms with Gasteiger partial charge in [0.2, 0.25) is 0 Å². The Hall–Kier alpha value is -2.16. The molecular formula is C12H9BrN3O4-. The maximum absolute atomic E-state index is 11.7. The van der Waals surface area contributed by atoms with Crippen molar-refractivity contribution in [3.8, 4) is 0 Å². The van der Waals surface area contributed by atoms with Gasteiger partial charge in [-0.3, -0.25) is 10.0 Å². The van der Waals surface area contributed by atoms with Gasteiger partial charge in [0, 0.05) is 5.56 Å². The quantitative estimate of drug-likeness (QED) is 0.658. The third-order valence-electron chi connectivity index (χ3n) is 2.28. The molecule has 0 aliphatic rings. The van der Waals surface area contributed by atoms with Crippen LogP contribution in [0.5, 0.6) is 0 Å². The lowest BCUT2D eigenvalue weighted by Gasteiger charge is -2.21. The summed E-state index contributed by atoms with van der Waals surface area (Å²) < 4.78 is 5.71. The first kappa shape index (κ1) is 14.3. The molecule has 7 nitrogen and oxygen atoms in total. The maximum atomic E-state index is 11.7. The van der Waals surface area contributed by atoms with Crippen molar-refractivity contribution in [2.24, 2.45) is 5.10 Å². The first-order valence-corrected chi connectivity index (χ1v) is 6.20. The summed E-state index contributed by atoms with van der Waals surface area (Å²) in [5, 5.41) is 22.9. The number of benzene rings is 1. The van der Waals surface area contributed by atoms with Crippen molar-refractivity contribution in [1.82, 2.24) is 5.43 Å². The Morgan fingerprint density at radius 2 is 2.25 bits per heavy atom. The molecule has 104 valence electrons. The van der Waals surface area contributed by atoms with Crippen molar-refractivity contribution in [3.63, 3.8) is 0 Å². The molecule has 1 aromatic carbocycles. The highest BCUT2D eigenvalue weighted by molar-refractivity contribution is 9.10. The molecule has 0 bridgehead atoms. The van der Waals surface area contributed by atoms with Crippen molar-refractivity contribution in [2.45, 2.75) is 0 Å². The van der Waals surface area contributed by atoms with Crippen molar-refractivity contribution >= 4 is 33.7 Å². The molecule has 2 aromatic rings. The minimum absolute atomic E-state index is 0.0448. The van der Waals surface area contributed by atoms with E-state index in [9.17, 15) is 10.0 Å². The number of rotatable bonds is 4. The third-order valence-corrected chi connectivity index (χ3v) is 2.71. The minimum Gasteiger partial charge on any atom is -0.733 e. The van der Waals surface area contributed by atoms with E-state index >= 15 is 0 Å². The number of carbonyl (C=O) groups is 1. The Kier molecular flexibility index (Phi) is 4.51. The molecule has 0 radical (unpaired) electrons. The summed E-state index contributed by atoms with van der Waals surface area (Å²) in [6.45, 7) is 0. The molecule has 0 saturated carbocycles. The van der Waals surface area contributed by atoms with Gasteiger partial charge in [0.25, 0.3) is 5.91 Å². The second-order valence-corrected chi connectivity index (χ2v) is 4.45. The first-order chi connectivity index (χ1) is 9.56. The third kappa shape index (κ3) is 3.67. The van der Waals surface area contributed by atoms with Gasteiger partial charge >= 0.3 is 0 Å². The van der Waals surface area contributed by atoms with E-state index in [-0.39, 0.29) is 16.5 Å². The zero-order valence-electron chi connectivity index (χ0n) is 9.99. The highest BCUT2D eigenvalue weighted by atomic mass is 79.9. The molecule has 0 aliphatic heterocycles. The van der Waals surface area contributed by atoms with Crippen LogP contribution >= 0.6 is 15.9 Å². The highest BCUT2D eigenvalue weighted by Gasteiger charge is 2.05. The van der Waals surface area contributed by atoms with Crippen LogP contribution in [0.2, 0.25) is 0 Å². The fraction of sp³-hybridized carbons (Fsp3) is 0. The molecule has 1 aromatic heterocycles. The lowest BCUT2D eigenvalue weighted by Crippen LogP contribution is -2.18. The van der Waals surface area contributed by atoms with Crippen LogP contribution in [0.3, 0.4) is 0 Å². The summed E-state index contributed by atoms with van der Waals surface area (Å²) in [6, 6.07) is 8.92. The van der Waals surface area contributed by atoms with Crippen LogP contribution in [0, 0.1) is 5.21 Å². The Morgan fingerprint density at radius 1 is 1.45 bits per heavy atom. The molecule has 0 saturated heterocycles. The van der Waals surface area contributed by atoms with Crippen LogP contribution in [-0.2, 0) is 0 Å². The van der Waals surface area contributed by atoms with Gasteiger partial charge in [-0.1, -0.05) is 6.07 Å². The molecule has 0 aliphatic carbocycles. The van der Waals surface area contributed by atoms with Gasteiger partial charge in [-0.25, -0.2) is 5.43 Å². The summed E-state index contributed by atoms with van der Waals surface area (Å²) in [5.41, 5.74) is 2.42. The van der Waals surface area contributed by atoms with Gasteiger partial charge in [0.15, 0.2) is 4.67 Å². The molecule has 0 unspecified atom stereocenters. The molecule has 0 atom stereocenters. The molecule has 2 N–H and O–H groups in total. The lowest BCUT2D eigenvalue weighted by molar-refractivity contribution is 0.0955. The van der Waals surface area contributed by atoms with E-state index in [1.54, 1.807) is 12.1 Å².